The number of aromatic nitrogens is 1. The molecule has 1 aromatic heterocycles. The number of hydrogen-bond acceptors (Lipinski definition) is 3. The van der Waals surface area contributed by atoms with E-state index in [0.29, 0.717) is 11.5 Å². The summed E-state index contributed by atoms with van der Waals surface area (Å²) in [5, 5.41) is 9.42. The Morgan fingerprint density at radius 3 is 2.62 bits per heavy atom. The molecule has 2 aromatic carbocycles. The molecule has 1 fully saturated rings. The maximum Gasteiger partial charge on any atom is 0.336 e. The fraction of sp³-hybridized carbons (Fsp3) is 0.280. The molecule has 2 heterocycles. The topological polar surface area (TPSA) is 53.4 Å². The first-order valence-electron chi connectivity index (χ1n) is 10.2. The minimum atomic E-state index is -0.895. The van der Waals surface area contributed by atoms with Crippen molar-refractivity contribution in [3.05, 3.63) is 89.2 Å². The van der Waals surface area contributed by atoms with E-state index in [2.05, 4.69) is 41.1 Å². The minimum absolute atomic E-state index is 0.338. The van der Waals surface area contributed by atoms with Crippen LogP contribution in [0.25, 0.3) is 11.1 Å². The average molecular weight is 386 g/mol. The van der Waals surface area contributed by atoms with Crippen LogP contribution in [0.2, 0.25) is 0 Å². The number of carboxylic acid groups (broad SMARTS) is 1. The van der Waals surface area contributed by atoms with Crippen molar-refractivity contribution in [2.75, 3.05) is 13.1 Å². The zero-order valence-electron chi connectivity index (χ0n) is 16.7. The predicted octanol–water partition coefficient (Wildman–Crippen LogP) is 5.13. The first kappa shape index (κ1) is 19.3. The Bertz CT molecular complexity index is 980. The van der Waals surface area contributed by atoms with Crippen LogP contribution in [0.1, 0.15) is 45.9 Å². The van der Waals surface area contributed by atoms with Crippen molar-refractivity contribution in [1.82, 2.24) is 9.88 Å². The first-order chi connectivity index (χ1) is 14.1. The van der Waals surface area contributed by atoms with Gasteiger partial charge >= 0.3 is 5.97 Å². The lowest BCUT2D eigenvalue weighted by Gasteiger charge is -2.32. The van der Waals surface area contributed by atoms with E-state index in [1.54, 1.807) is 12.1 Å². The molecule has 0 aliphatic carbocycles. The Morgan fingerprint density at radius 1 is 1.10 bits per heavy atom. The monoisotopic (exact) mass is 386 g/mol. The Labute approximate surface area is 171 Å². The van der Waals surface area contributed by atoms with Crippen LogP contribution >= 0.6 is 0 Å². The molecule has 4 heteroatoms. The molecule has 1 saturated heterocycles. The number of rotatable bonds is 5. The molecule has 29 heavy (non-hydrogen) atoms. The number of nitrogens with zero attached hydrogens (tertiary/aromatic N) is 2. The van der Waals surface area contributed by atoms with E-state index in [9.17, 15) is 9.90 Å². The fourth-order valence-electron chi connectivity index (χ4n) is 4.13. The highest BCUT2D eigenvalue weighted by Gasteiger charge is 2.22. The fourth-order valence-corrected chi connectivity index (χ4v) is 4.13. The van der Waals surface area contributed by atoms with Gasteiger partial charge in [-0.1, -0.05) is 48.5 Å². The van der Waals surface area contributed by atoms with E-state index >= 15 is 0 Å². The maximum atomic E-state index is 11.5. The van der Waals surface area contributed by atoms with Gasteiger partial charge in [0.15, 0.2) is 0 Å². The van der Waals surface area contributed by atoms with Crippen molar-refractivity contribution < 1.29 is 9.90 Å². The van der Waals surface area contributed by atoms with E-state index < -0.39 is 5.97 Å². The first-order valence-corrected chi connectivity index (χ1v) is 10.2. The summed E-state index contributed by atoms with van der Waals surface area (Å²) in [6.07, 6.45) is 4.34. The normalized spacial score (nSPS) is 17.2. The van der Waals surface area contributed by atoms with E-state index in [0.717, 1.165) is 30.8 Å². The van der Waals surface area contributed by atoms with Crippen LogP contribution in [0.3, 0.4) is 0 Å². The SMILES string of the molecule is Cc1ccc(C2CCCN(Cc3ccc(-c4ccccc4C(=O)O)cc3)C2)nc1. The molecule has 1 unspecified atom stereocenters. The quantitative estimate of drug-likeness (QED) is 0.660. The third kappa shape index (κ3) is 4.54. The number of pyridine rings is 1. The predicted molar refractivity (Wildman–Crippen MR) is 115 cm³/mol. The molecular formula is C25H26N2O2. The second kappa shape index (κ2) is 8.58. The number of aryl methyl sites for hydroxylation is 1. The van der Waals surface area contributed by atoms with Crippen molar-refractivity contribution in [2.45, 2.75) is 32.2 Å². The zero-order valence-corrected chi connectivity index (χ0v) is 16.7. The van der Waals surface area contributed by atoms with Crippen molar-refractivity contribution in [2.24, 2.45) is 0 Å². The molecule has 1 aliphatic heterocycles. The van der Waals surface area contributed by atoms with Crippen molar-refractivity contribution in [3.8, 4) is 11.1 Å². The molecule has 148 valence electrons. The number of likely N-dealkylation sites (tertiary alicyclic amines) is 1. The third-order valence-electron chi connectivity index (χ3n) is 5.69. The van der Waals surface area contributed by atoms with Crippen LogP contribution in [0.15, 0.2) is 66.9 Å². The summed E-state index contributed by atoms with van der Waals surface area (Å²) in [6, 6.07) is 19.7. The molecule has 0 saturated carbocycles. The molecule has 1 N–H and O–H groups in total. The van der Waals surface area contributed by atoms with E-state index in [-0.39, 0.29) is 0 Å². The Hall–Kier alpha value is -2.98. The van der Waals surface area contributed by atoms with Crippen molar-refractivity contribution in [3.63, 3.8) is 0 Å². The van der Waals surface area contributed by atoms with E-state index in [1.165, 1.54) is 29.7 Å². The molecule has 4 rings (SSSR count). The average Bonchev–Trinajstić information content (AvgIpc) is 2.75. The van der Waals surface area contributed by atoms with Gasteiger partial charge in [-0.05, 0) is 60.7 Å². The standard InChI is InChI=1S/C25H26N2O2/c1-18-8-13-24(26-15-18)21-5-4-14-27(17-21)16-19-9-11-20(12-10-19)22-6-2-3-7-23(22)25(28)29/h2-3,6-13,15,21H,4-5,14,16-17H2,1H3,(H,28,29). The van der Waals surface area contributed by atoms with E-state index in [4.69, 9.17) is 0 Å². The van der Waals surface area contributed by atoms with Crippen molar-refractivity contribution >= 4 is 5.97 Å². The number of hydrogen-bond donors (Lipinski definition) is 1. The lowest BCUT2D eigenvalue weighted by atomic mass is 9.93. The summed E-state index contributed by atoms with van der Waals surface area (Å²) in [5.74, 6) is -0.403. The van der Waals surface area contributed by atoms with Crippen LogP contribution < -0.4 is 0 Å². The summed E-state index contributed by atoms with van der Waals surface area (Å²) in [7, 11) is 0. The van der Waals surface area contributed by atoms with Gasteiger partial charge < -0.3 is 5.11 Å². The Morgan fingerprint density at radius 2 is 1.90 bits per heavy atom. The summed E-state index contributed by atoms with van der Waals surface area (Å²) in [5.41, 5.74) is 5.68. The molecule has 4 nitrogen and oxygen atoms in total. The van der Waals surface area contributed by atoms with Gasteiger partial charge in [-0.25, -0.2) is 4.79 Å². The molecule has 1 aliphatic rings. The highest BCUT2D eigenvalue weighted by molar-refractivity contribution is 5.95. The molecule has 0 radical (unpaired) electrons. The van der Waals surface area contributed by atoms with Gasteiger partial charge in [0.1, 0.15) is 0 Å². The van der Waals surface area contributed by atoms with E-state index in [1.807, 2.05) is 30.5 Å². The summed E-state index contributed by atoms with van der Waals surface area (Å²) < 4.78 is 0. The molecule has 1 atom stereocenters. The second-order valence-electron chi connectivity index (χ2n) is 7.88. The third-order valence-corrected chi connectivity index (χ3v) is 5.69. The summed E-state index contributed by atoms with van der Waals surface area (Å²) in [6.45, 7) is 5.11. The molecule has 0 bridgehead atoms. The van der Waals surface area contributed by atoms with Gasteiger partial charge in [0, 0.05) is 30.9 Å². The van der Waals surface area contributed by atoms with Gasteiger partial charge in [0.2, 0.25) is 0 Å². The Kier molecular flexibility index (Phi) is 5.72. The second-order valence-corrected chi connectivity index (χ2v) is 7.88. The van der Waals surface area contributed by atoms with Crippen molar-refractivity contribution in [1.29, 1.82) is 0 Å². The number of benzene rings is 2. The number of carboxylic acids is 1. The van der Waals surface area contributed by atoms with Crippen LogP contribution in [0, 0.1) is 6.92 Å². The lowest BCUT2D eigenvalue weighted by Crippen LogP contribution is -2.34. The van der Waals surface area contributed by atoms with Gasteiger partial charge in [0.25, 0.3) is 0 Å². The van der Waals surface area contributed by atoms with Gasteiger partial charge in [-0.3, -0.25) is 9.88 Å². The largest absolute Gasteiger partial charge is 0.478 e. The highest BCUT2D eigenvalue weighted by Crippen LogP contribution is 2.28. The Balaban J connectivity index is 1.45. The van der Waals surface area contributed by atoms with Crippen LogP contribution in [-0.2, 0) is 6.54 Å². The van der Waals surface area contributed by atoms with Gasteiger partial charge in [0.05, 0.1) is 5.56 Å². The van der Waals surface area contributed by atoms with Gasteiger partial charge in [-0.15, -0.1) is 0 Å². The number of carbonyl (C=O) groups is 1. The molecule has 3 aromatic rings. The summed E-state index contributed by atoms with van der Waals surface area (Å²) in [4.78, 5) is 18.6. The highest BCUT2D eigenvalue weighted by atomic mass is 16.4. The lowest BCUT2D eigenvalue weighted by molar-refractivity contribution is 0.0697. The van der Waals surface area contributed by atoms with Gasteiger partial charge in [-0.2, -0.15) is 0 Å². The zero-order chi connectivity index (χ0) is 20.2. The maximum absolute atomic E-state index is 11.5. The number of aromatic carboxylic acids is 1. The summed E-state index contributed by atoms with van der Waals surface area (Å²) >= 11 is 0. The smallest absolute Gasteiger partial charge is 0.336 e. The van der Waals surface area contributed by atoms with Crippen LogP contribution in [0.5, 0.6) is 0 Å². The minimum Gasteiger partial charge on any atom is -0.478 e. The molecular weight excluding hydrogens is 360 g/mol. The molecule has 0 amide bonds. The van der Waals surface area contributed by atoms with Crippen LogP contribution in [-0.4, -0.2) is 34.0 Å². The molecule has 0 spiro atoms. The van der Waals surface area contributed by atoms with Crippen LogP contribution in [0.4, 0.5) is 0 Å². The number of piperidine rings is 1.